The first-order chi connectivity index (χ1) is 6.61. The van der Waals surface area contributed by atoms with Gasteiger partial charge in [-0.1, -0.05) is 18.2 Å². The summed E-state index contributed by atoms with van der Waals surface area (Å²) in [5, 5.41) is 8.26. The van der Waals surface area contributed by atoms with Gasteiger partial charge in [-0.05, 0) is 24.5 Å². The number of aliphatic carboxylic acids is 1. The summed E-state index contributed by atoms with van der Waals surface area (Å²) in [7, 11) is 0. The van der Waals surface area contributed by atoms with Crippen molar-refractivity contribution in [3.63, 3.8) is 0 Å². The minimum atomic E-state index is -1.92. The quantitative estimate of drug-likeness (QED) is 0.808. The lowest BCUT2D eigenvalue weighted by Crippen LogP contribution is -2.15. The van der Waals surface area contributed by atoms with Crippen LogP contribution in [0, 0.1) is 5.82 Å². The minimum Gasteiger partial charge on any atom is -0.479 e. The fraction of sp³-hybridized carbons (Fsp3) is 0.300. The van der Waals surface area contributed by atoms with E-state index in [1.54, 1.807) is 6.07 Å². The zero-order chi connectivity index (χ0) is 10.6. The van der Waals surface area contributed by atoms with E-state index in [9.17, 15) is 13.6 Å². The predicted octanol–water partition coefficient (Wildman–Crippen LogP) is 2.18. The molecule has 1 aromatic rings. The molecular weight excluding hydrogens is 190 g/mol. The first-order valence-corrected chi connectivity index (χ1v) is 4.21. The molecule has 0 aliphatic heterocycles. The Labute approximate surface area is 80.2 Å². The van der Waals surface area contributed by atoms with E-state index in [4.69, 9.17) is 5.11 Å². The highest BCUT2D eigenvalue weighted by molar-refractivity contribution is 5.72. The van der Waals surface area contributed by atoms with Crippen LogP contribution in [0.5, 0.6) is 0 Å². The van der Waals surface area contributed by atoms with Crippen LogP contribution in [0.4, 0.5) is 8.78 Å². The summed E-state index contributed by atoms with van der Waals surface area (Å²) >= 11 is 0. The fourth-order valence-electron chi connectivity index (χ4n) is 1.11. The number of hydrogen-bond donors (Lipinski definition) is 1. The van der Waals surface area contributed by atoms with Gasteiger partial charge < -0.3 is 5.11 Å². The molecule has 0 spiro atoms. The standard InChI is InChI=1S/C10H10F2O2/c11-8-4-2-1-3-7(8)5-6-9(12)10(13)14/h1-4,9H,5-6H2,(H,13,14). The average molecular weight is 200 g/mol. The van der Waals surface area contributed by atoms with E-state index in [1.165, 1.54) is 18.2 Å². The van der Waals surface area contributed by atoms with Crippen LogP contribution in [-0.4, -0.2) is 17.2 Å². The monoisotopic (exact) mass is 200 g/mol. The molecule has 0 bridgehead atoms. The van der Waals surface area contributed by atoms with Gasteiger partial charge in [-0.25, -0.2) is 13.6 Å². The van der Waals surface area contributed by atoms with Crippen LogP contribution in [0.3, 0.4) is 0 Å². The lowest BCUT2D eigenvalue weighted by Gasteiger charge is -2.03. The molecule has 1 atom stereocenters. The Morgan fingerprint density at radius 1 is 1.43 bits per heavy atom. The molecule has 0 amide bonds. The Morgan fingerprint density at radius 3 is 2.64 bits per heavy atom. The maximum Gasteiger partial charge on any atom is 0.338 e. The molecule has 0 aliphatic carbocycles. The molecule has 0 aliphatic rings. The molecule has 2 nitrogen and oxygen atoms in total. The summed E-state index contributed by atoms with van der Waals surface area (Å²) in [4.78, 5) is 10.1. The van der Waals surface area contributed by atoms with Crippen LogP contribution >= 0.6 is 0 Å². The molecule has 1 aromatic carbocycles. The second-order valence-electron chi connectivity index (χ2n) is 2.94. The Kier molecular flexibility index (Phi) is 3.56. The van der Waals surface area contributed by atoms with E-state index in [2.05, 4.69) is 0 Å². The number of carbonyl (C=O) groups is 1. The van der Waals surface area contributed by atoms with Crippen LogP contribution < -0.4 is 0 Å². The molecule has 0 radical (unpaired) electrons. The maximum absolute atomic E-state index is 13.0. The van der Waals surface area contributed by atoms with Crippen LogP contribution in [0.2, 0.25) is 0 Å². The molecule has 76 valence electrons. The Hall–Kier alpha value is -1.45. The lowest BCUT2D eigenvalue weighted by molar-refractivity contribution is -0.142. The van der Waals surface area contributed by atoms with Crippen LogP contribution in [-0.2, 0) is 11.2 Å². The van der Waals surface area contributed by atoms with Gasteiger partial charge in [0.1, 0.15) is 5.82 Å². The summed E-state index contributed by atoms with van der Waals surface area (Å²) in [6, 6.07) is 5.95. The van der Waals surface area contributed by atoms with Gasteiger partial charge in [0.15, 0.2) is 6.17 Å². The molecule has 0 saturated heterocycles. The first kappa shape index (κ1) is 10.6. The van der Waals surface area contributed by atoms with E-state index < -0.39 is 18.0 Å². The van der Waals surface area contributed by atoms with Crippen LogP contribution in [0.15, 0.2) is 24.3 Å². The normalized spacial score (nSPS) is 12.4. The number of carboxylic acids is 1. The van der Waals surface area contributed by atoms with Crippen molar-refractivity contribution in [1.29, 1.82) is 0 Å². The van der Waals surface area contributed by atoms with Gasteiger partial charge in [-0.3, -0.25) is 0 Å². The van der Waals surface area contributed by atoms with Crippen molar-refractivity contribution >= 4 is 5.97 Å². The predicted molar refractivity (Wildman–Crippen MR) is 47.3 cm³/mol. The Bertz CT molecular complexity index is 326. The second-order valence-corrected chi connectivity index (χ2v) is 2.94. The SMILES string of the molecule is O=C(O)C(F)CCc1ccccc1F. The molecule has 1 rings (SSSR count). The number of halogens is 2. The van der Waals surface area contributed by atoms with Gasteiger partial charge in [-0.15, -0.1) is 0 Å². The van der Waals surface area contributed by atoms with Crippen molar-refractivity contribution in [1.82, 2.24) is 0 Å². The molecule has 0 aromatic heterocycles. The maximum atomic E-state index is 13.0. The average Bonchev–Trinajstić information content (AvgIpc) is 2.16. The summed E-state index contributed by atoms with van der Waals surface area (Å²) in [5.74, 6) is -1.92. The Balaban J connectivity index is 2.54. The van der Waals surface area contributed by atoms with Crippen LogP contribution in [0.1, 0.15) is 12.0 Å². The summed E-state index contributed by atoms with van der Waals surface area (Å²) in [6.07, 6.45) is -2.02. The van der Waals surface area contributed by atoms with Gasteiger partial charge in [0.25, 0.3) is 0 Å². The lowest BCUT2D eigenvalue weighted by atomic mass is 10.1. The molecule has 0 heterocycles. The number of benzene rings is 1. The van der Waals surface area contributed by atoms with Gasteiger partial charge in [0.05, 0.1) is 0 Å². The van der Waals surface area contributed by atoms with Crippen LogP contribution in [0.25, 0.3) is 0 Å². The third-order valence-electron chi connectivity index (χ3n) is 1.89. The number of rotatable bonds is 4. The molecule has 1 N–H and O–H groups in total. The smallest absolute Gasteiger partial charge is 0.338 e. The summed E-state index contributed by atoms with van der Waals surface area (Å²) in [5.41, 5.74) is 0.344. The molecule has 0 fully saturated rings. The first-order valence-electron chi connectivity index (χ1n) is 4.21. The highest BCUT2D eigenvalue weighted by Gasteiger charge is 2.15. The van der Waals surface area contributed by atoms with E-state index >= 15 is 0 Å². The van der Waals surface area contributed by atoms with Gasteiger partial charge >= 0.3 is 5.97 Å². The van der Waals surface area contributed by atoms with E-state index in [1.807, 2.05) is 0 Å². The fourth-order valence-corrected chi connectivity index (χ4v) is 1.11. The number of hydrogen-bond acceptors (Lipinski definition) is 1. The van der Waals surface area contributed by atoms with Gasteiger partial charge in [0.2, 0.25) is 0 Å². The zero-order valence-corrected chi connectivity index (χ0v) is 7.41. The van der Waals surface area contributed by atoms with Crippen molar-refractivity contribution in [3.05, 3.63) is 35.6 Å². The summed E-state index contributed by atoms with van der Waals surface area (Å²) in [6.45, 7) is 0. The van der Waals surface area contributed by atoms with Gasteiger partial charge in [0, 0.05) is 0 Å². The van der Waals surface area contributed by atoms with Gasteiger partial charge in [-0.2, -0.15) is 0 Å². The van der Waals surface area contributed by atoms with Crippen molar-refractivity contribution in [2.45, 2.75) is 19.0 Å². The second kappa shape index (κ2) is 4.69. The Morgan fingerprint density at radius 2 is 2.07 bits per heavy atom. The summed E-state index contributed by atoms with van der Waals surface area (Å²) < 4.78 is 25.6. The number of carboxylic acid groups (broad SMARTS) is 1. The number of alkyl halides is 1. The number of aryl methyl sites for hydroxylation is 1. The molecule has 14 heavy (non-hydrogen) atoms. The van der Waals surface area contributed by atoms with E-state index in [-0.39, 0.29) is 12.8 Å². The molecule has 0 saturated carbocycles. The zero-order valence-electron chi connectivity index (χ0n) is 7.41. The third-order valence-corrected chi connectivity index (χ3v) is 1.89. The van der Waals surface area contributed by atoms with Crippen molar-refractivity contribution in [2.24, 2.45) is 0 Å². The topological polar surface area (TPSA) is 37.3 Å². The molecule has 1 unspecified atom stereocenters. The molecule has 4 heteroatoms. The highest BCUT2D eigenvalue weighted by atomic mass is 19.1. The minimum absolute atomic E-state index is 0.0974. The highest BCUT2D eigenvalue weighted by Crippen LogP contribution is 2.11. The van der Waals surface area contributed by atoms with Crippen molar-refractivity contribution < 1.29 is 18.7 Å². The van der Waals surface area contributed by atoms with E-state index in [0.717, 1.165) is 0 Å². The van der Waals surface area contributed by atoms with Crippen molar-refractivity contribution in [3.8, 4) is 0 Å². The van der Waals surface area contributed by atoms with Crippen molar-refractivity contribution in [2.75, 3.05) is 0 Å². The molecular formula is C10H10F2O2. The third kappa shape index (κ3) is 2.80. The largest absolute Gasteiger partial charge is 0.479 e. The van der Waals surface area contributed by atoms with E-state index in [0.29, 0.717) is 5.56 Å².